The zero-order chi connectivity index (χ0) is 17.1. The van der Waals surface area contributed by atoms with Crippen LogP contribution in [0.4, 0.5) is 11.4 Å². The molecule has 0 saturated heterocycles. The van der Waals surface area contributed by atoms with Gasteiger partial charge in [-0.05, 0) is 36.4 Å². The number of rotatable bonds is 4. The first-order chi connectivity index (χ1) is 12.3. The highest BCUT2D eigenvalue weighted by Crippen LogP contribution is 2.35. The highest BCUT2D eigenvalue weighted by atomic mass is 32.1. The second-order valence-corrected chi connectivity index (χ2v) is 6.62. The summed E-state index contributed by atoms with van der Waals surface area (Å²) in [6.45, 7) is 0. The van der Waals surface area contributed by atoms with Gasteiger partial charge in [-0.15, -0.1) is 11.3 Å². The van der Waals surface area contributed by atoms with Gasteiger partial charge < -0.3 is 5.11 Å². The number of hydrazone groups is 1. The molecule has 3 nitrogen and oxygen atoms in total. The van der Waals surface area contributed by atoms with E-state index in [1.807, 2.05) is 89.9 Å². The quantitative estimate of drug-likeness (QED) is 0.376. The van der Waals surface area contributed by atoms with Crippen LogP contribution in [0.1, 0.15) is 4.88 Å². The van der Waals surface area contributed by atoms with Crippen molar-refractivity contribution in [1.82, 2.24) is 0 Å². The highest BCUT2D eigenvalue weighted by Gasteiger charge is 2.11. The molecule has 0 radical (unpaired) electrons. The number of anilines is 2. The smallest absolute Gasteiger partial charge is 0.143 e. The lowest BCUT2D eigenvalue weighted by atomic mass is 10.2. The molecular weight excluding hydrogens is 328 g/mol. The van der Waals surface area contributed by atoms with Crippen molar-refractivity contribution < 1.29 is 5.11 Å². The zero-order valence-electron chi connectivity index (χ0n) is 13.4. The Morgan fingerprint density at radius 1 is 0.760 bits per heavy atom. The van der Waals surface area contributed by atoms with Gasteiger partial charge in [0.25, 0.3) is 0 Å². The summed E-state index contributed by atoms with van der Waals surface area (Å²) in [5, 5.41) is 17.8. The summed E-state index contributed by atoms with van der Waals surface area (Å²) in [6.07, 6.45) is 1.72. The minimum absolute atomic E-state index is 0.283. The Morgan fingerprint density at radius 2 is 1.32 bits per heavy atom. The second kappa shape index (κ2) is 6.79. The second-order valence-electron chi connectivity index (χ2n) is 5.54. The minimum atomic E-state index is 0.283. The number of aromatic hydroxyl groups is 1. The van der Waals surface area contributed by atoms with E-state index in [0.717, 1.165) is 26.3 Å². The molecule has 3 aromatic carbocycles. The predicted molar refractivity (Wildman–Crippen MR) is 106 cm³/mol. The monoisotopic (exact) mass is 344 g/mol. The first-order valence-corrected chi connectivity index (χ1v) is 8.79. The summed E-state index contributed by atoms with van der Waals surface area (Å²) in [5.41, 5.74) is 1.93. The Hall–Kier alpha value is -3.11. The van der Waals surface area contributed by atoms with Crippen LogP contribution in [0.5, 0.6) is 5.75 Å². The maximum atomic E-state index is 10.4. The van der Waals surface area contributed by atoms with Gasteiger partial charge in [0.05, 0.1) is 22.5 Å². The third-order valence-corrected chi connectivity index (χ3v) is 4.98. The third-order valence-electron chi connectivity index (χ3n) is 3.89. The van der Waals surface area contributed by atoms with Crippen LogP contribution in [-0.2, 0) is 0 Å². The Labute approximate surface area is 150 Å². The van der Waals surface area contributed by atoms with E-state index >= 15 is 0 Å². The summed E-state index contributed by atoms with van der Waals surface area (Å²) >= 11 is 1.53. The van der Waals surface area contributed by atoms with Gasteiger partial charge in [-0.3, -0.25) is 0 Å². The van der Waals surface area contributed by atoms with Gasteiger partial charge in [0.2, 0.25) is 0 Å². The molecule has 1 aromatic heterocycles. The number of hydrogen-bond acceptors (Lipinski definition) is 4. The molecule has 1 N–H and O–H groups in total. The number of nitrogens with zero attached hydrogens (tertiary/aromatic N) is 2. The molecule has 0 bridgehead atoms. The van der Waals surface area contributed by atoms with Gasteiger partial charge >= 0.3 is 0 Å². The fraction of sp³-hybridized carbons (Fsp3) is 0. The lowest BCUT2D eigenvalue weighted by Gasteiger charge is -2.18. The maximum Gasteiger partial charge on any atom is 0.143 e. The van der Waals surface area contributed by atoms with Crippen molar-refractivity contribution in [2.45, 2.75) is 0 Å². The van der Waals surface area contributed by atoms with Crippen molar-refractivity contribution in [3.63, 3.8) is 0 Å². The normalized spacial score (nSPS) is 11.2. The molecule has 0 aliphatic rings. The SMILES string of the molecule is Oc1c(C=NN(c2ccccc2)c2ccccc2)sc2ccccc12. The van der Waals surface area contributed by atoms with Crippen molar-refractivity contribution in [3.05, 3.63) is 89.8 Å². The molecule has 4 heteroatoms. The molecule has 4 rings (SSSR count). The van der Waals surface area contributed by atoms with Crippen molar-refractivity contribution >= 4 is 39.0 Å². The van der Waals surface area contributed by atoms with Crippen LogP contribution in [0.3, 0.4) is 0 Å². The summed E-state index contributed by atoms with van der Waals surface area (Å²) in [6, 6.07) is 27.8. The zero-order valence-corrected chi connectivity index (χ0v) is 14.2. The van der Waals surface area contributed by atoms with Gasteiger partial charge in [0.1, 0.15) is 5.75 Å². The first kappa shape index (κ1) is 15.4. The van der Waals surface area contributed by atoms with E-state index in [-0.39, 0.29) is 5.75 Å². The predicted octanol–water partition coefficient (Wildman–Crippen LogP) is 5.78. The van der Waals surface area contributed by atoms with Gasteiger partial charge in [0, 0.05) is 10.1 Å². The number of benzene rings is 3. The highest BCUT2D eigenvalue weighted by molar-refractivity contribution is 7.21. The van der Waals surface area contributed by atoms with Crippen LogP contribution < -0.4 is 5.01 Å². The number of hydrogen-bond donors (Lipinski definition) is 1. The van der Waals surface area contributed by atoms with Gasteiger partial charge in [-0.25, -0.2) is 5.01 Å². The molecule has 0 unspecified atom stereocenters. The fourth-order valence-electron chi connectivity index (χ4n) is 2.67. The molecule has 122 valence electrons. The van der Waals surface area contributed by atoms with E-state index in [9.17, 15) is 5.11 Å². The van der Waals surface area contributed by atoms with E-state index < -0.39 is 0 Å². The third kappa shape index (κ3) is 3.12. The Bertz CT molecular complexity index is 970. The average Bonchev–Trinajstić information content (AvgIpc) is 3.00. The molecule has 0 aliphatic heterocycles. The topological polar surface area (TPSA) is 35.8 Å². The van der Waals surface area contributed by atoms with Crippen LogP contribution in [0.25, 0.3) is 10.1 Å². The number of para-hydroxylation sites is 2. The van der Waals surface area contributed by atoms with Gasteiger partial charge in [0.15, 0.2) is 0 Å². The molecular formula is C21H16N2OS. The fourth-order valence-corrected chi connectivity index (χ4v) is 3.63. The Balaban J connectivity index is 1.75. The number of fused-ring (bicyclic) bond motifs is 1. The lowest BCUT2D eigenvalue weighted by Crippen LogP contribution is -2.08. The van der Waals surface area contributed by atoms with Crippen LogP contribution in [0, 0.1) is 0 Å². The van der Waals surface area contributed by atoms with Crippen molar-refractivity contribution in [1.29, 1.82) is 0 Å². The van der Waals surface area contributed by atoms with Crippen LogP contribution in [0.2, 0.25) is 0 Å². The van der Waals surface area contributed by atoms with Crippen LogP contribution >= 0.6 is 11.3 Å². The Morgan fingerprint density at radius 3 is 1.92 bits per heavy atom. The van der Waals surface area contributed by atoms with Crippen molar-refractivity contribution in [3.8, 4) is 5.75 Å². The number of thiophene rings is 1. The van der Waals surface area contributed by atoms with E-state index in [2.05, 4.69) is 5.10 Å². The summed E-state index contributed by atoms with van der Waals surface area (Å²) in [4.78, 5) is 0.748. The van der Waals surface area contributed by atoms with E-state index in [1.165, 1.54) is 11.3 Å². The first-order valence-electron chi connectivity index (χ1n) is 7.97. The molecule has 0 saturated carbocycles. The largest absolute Gasteiger partial charge is 0.506 e. The van der Waals surface area contributed by atoms with Crippen molar-refractivity contribution in [2.24, 2.45) is 5.10 Å². The van der Waals surface area contributed by atoms with Gasteiger partial charge in [-0.1, -0.05) is 48.5 Å². The minimum Gasteiger partial charge on any atom is -0.506 e. The van der Waals surface area contributed by atoms with Gasteiger partial charge in [-0.2, -0.15) is 5.10 Å². The van der Waals surface area contributed by atoms with Crippen molar-refractivity contribution in [2.75, 3.05) is 5.01 Å². The Kier molecular flexibility index (Phi) is 4.19. The molecule has 0 spiro atoms. The summed E-state index contributed by atoms with van der Waals surface area (Å²) in [5.74, 6) is 0.283. The molecule has 0 fully saturated rings. The summed E-state index contributed by atoms with van der Waals surface area (Å²) < 4.78 is 1.05. The standard InChI is InChI=1S/C21H16N2OS/c24-21-18-13-7-8-14-19(18)25-20(21)15-22-23(16-9-3-1-4-10-16)17-11-5-2-6-12-17/h1-15,24H. The molecule has 1 heterocycles. The van der Waals surface area contributed by atoms with Crippen LogP contribution in [0.15, 0.2) is 90.0 Å². The van der Waals surface area contributed by atoms with E-state index in [1.54, 1.807) is 6.21 Å². The molecule has 0 atom stereocenters. The molecule has 4 aromatic rings. The molecule has 25 heavy (non-hydrogen) atoms. The van der Waals surface area contributed by atoms with E-state index in [0.29, 0.717) is 0 Å². The summed E-state index contributed by atoms with van der Waals surface area (Å²) in [7, 11) is 0. The molecule has 0 aliphatic carbocycles. The maximum absolute atomic E-state index is 10.4. The van der Waals surface area contributed by atoms with E-state index in [4.69, 9.17) is 0 Å². The molecule has 0 amide bonds. The van der Waals surface area contributed by atoms with Crippen LogP contribution in [-0.4, -0.2) is 11.3 Å². The average molecular weight is 344 g/mol. The lowest BCUT2D eigenvalue weighted by molar-refractivity contribution is 0.483.